The Labute approximate surface area is 132 Å². The van der Waals surface area contributed by atoms with E-state index in [1.54, 1.807) is 18.0 Å². The third-order valence-corrected chi connectivity index (χ3v) is 5.60. The quantitative estimate of drug-likeness (QED) is 0.921. The maximum atomic E-state index is 12.6. The lowest BCUT2D eigenvalue weighted by molar-refractivity contribution is 0.468. The lowest BCUT2D eigenvalue weighted by Gasteiger charge is -2.21. The summed E-state index contributed by atoms with van der Waals surface area (Å²) < 4.78 is 2.01. The summed E-state index contributed by atoms with van der Waals surface area (Å²) in [6, 6.07) is 4.32. The maximum absolute atomic E-state index is 12.6. The third-order valence-electron chi connectivity index (χ3n) is 4.43. The molecule has 0 amide bonds. The van der Waals surface area contributed by atoms with Crippen LogP contribution in [0.4, 0.5) is 5.82 Å². The van der Waals surface area contributed by atoms with E-state index in [0.717, 1.165) is 34.8 Å². The van der Waals surface area contributed by atoms with Crippen molar-refractivity contribution in [2.75, 3.05) is 0 Å². The Balaban J connectivity index is 1.86. The molecule has 1 saturated carbocycles. The first-order valence-electron chi connectivity index (χ1n) is 7.70. The number of aliphatic imine (C=N–C) groups is 1. The second-order valence-corrected chi connectivity index (χ2v) is 7.20. The largest absolute Gasteiger partial charge is 0.271 e. The van der Waals surface area contributed by atoms with Crippen molar-refractivity contribution in [1.29, 1.82) is 0 Å². The number of H-pyrrole nitrogens is 1. The van der Waals surface area contributed by atoms with Crippen LogP contribution < -0.4 is 5.56 Å². The third kappa shape index (κ3) is 2.22. The summed E-state index contributed by atoms with van der Waals surface area (Å²) in [7, 11) is 0. The summed E-state index contributed by atoms with van der Waals surface area (Å²) in [4.78, 5) is 21.4. The van der Waals surface area contributed by atoms with E-state index in [1.165, 1.54) is 12.8 Å². The lowest BCUT2D eigenvalue weighted by Crippen LogP contribution is -2.13. The van der Waals surface area contributed by atoms with Crippen molar-refractivity contribution in [1.82, 2.24) is 14.8 Å². The van der Waals surface area contributed by atoms with Crippen LogP contribution in [0.5, 0.6) is 0 Å². The summed E-state index contributed by atoms with van der Waals surface area (Å²) in [5.74, 6) is 0.821. The van der Waals surface area contributed by atoms with Crippen molar-refractivity contribution in [2.45, 2.75) is 43.9 Å². The Morgan fingerprint density at radius 3 is 2.91 bits per heavy atom. The van der Waals surface area contributed by atoms with Crippen LogP contribution in [-0.2, 0) is 0 Å². The van der Waals surface area contributed by atoms with Gasteiger partial charge in [0, 0.05) is 12.4 Å². The zero-order valence-electron chi connectivity index (χ0n) is 12.5. The Morgan fingerprint density at radius 1 is 1.36 bits per heavy atom. The minimum atomic E-state index is -0.0207. The maximum Gasteiger partial charge on any atom is 0.271 e. The minimum Gasteiger partial charge on any atom is -0.268 e. The first-order valence-corrected chi connectivity index (χ1v) is 8.58. The highest BCUT2D eigenvalue weighted by molar-refractivity contribution is 8.14. The van der Waals surface area contributed by atoms with E-state index in [4.69, 9.17) is 0 Å². The van der Waals surface area contributed by atoms with E-state index in [2.05, 4.69) is 15.1 Å². The molecular weight excluding hydrogens is 296 g/mol. The normalized spacial score (nSPS) is 21.7. The predicted molar refractivity (Wildman–Crippen MR) is 89.0 cm³/mol. The average Bonchev–Trinajstić information content (AvgIpc) is 3.16. The van der Waals surface area contributed by atoms with Crippen LogP contribution in [0.3, 0.4) is 0 Å². The number of thioether (sulfide) groups is 1. The highest BCUT2D eigenvalue weighted by Crippen LogP contribution is 2.45. The fourth-order valence-corrected chi connectivity index (χ4v) is 4.49. The molecule has 1 atom stereocenters. The monoisotopic (exact) mass is 314 g/mol. The van der Waals surface area contributed by atoms with E-state index in [9.17, 15) is 4.79 Å². The number of pyridine rings is 1. The predicted octanol–water partition coefficient (Wildman–Crippen LogP) is 3.57. The van der Waals surface area contributed by atoms with Gasteiger partial charge in [0.1, 0.15) is 0 Å². The van der Waals surface area contributed by atoms with Crippen molar-refractivity contribution < 1.29 is 0 Å². The van der Waals surface area contributed by atoms with Gasteiger partial charge in [-0.3, -0.25) is 19.6 Å². The molecule has 3 heterocycles. The summed E-state index contributed by atoms with van der Waals surface area (Å²) >= 11 is 1.63. The first kappa shape index (κ1) is 13.8. The van der Waals surface area contributed by atoms with Gasteiger partial charge in [0.05, 0.1) is 21.9 Å². The Morgan fingerprint density at radius 2 is 2.18 bits per heavy atom. The fourth-order valence-electron chi connectivity index (χ4n) is 3.40. The minimum absolute atomic E-state index is 0.0143. The van der Waals surface area contributed by atoms with Gasteiger partial charge < -0.3 is 0 Å². The molecule has 0 bridgehead atoms. The number of aromatic nitrogens is 3. The molecule has 1 aliphatic carbocycles. The van der Waals surface area contributed by atoms with Crippen LogP contribution >= 0.6 is 11.8 Å². The molecule has 0 radical (unpaired) electrons. The second kappa shape index (κ2) is 5.43. The number of nitrogens with one attached hydrogen (secondary N) is 1. The van der Waals surface area contributed by atoms with Gasteiger partial charge in [-0.2, -0.15) is 0 Å². The zero-order valence-corrected chi connectivity index (χ0v) is 13.3. The van der Waals surface area contributed by atoms with Crippen LogP contribution in [-0.4, -0.2) is 19.8 Å². The highest BCUT2D eigenvalue weighted by atomic mass is 32.2. The van der Waals surface area contributed by atoms with Crippen molar-refractivity contribution in [2.24, 2.45) is 4.99 Å². The van der Waals surface area contributed by atoms with Gasteiger partial charge in [-0.25, -0.2) is 4.99 Å². The van der Waals surface area contributed by atoms with E-state index >= 15 is 0 Å². The summed E-state index contributed by atoms with van der Waals surface area (Å²) in [6.07, 6.45) is 8.29. The highest BCUT2D eigenvalue weighted by Gasteiger charge is 2.32. The first-order chi connectivity index (χ1) is 10.7. The van der Waals surface area contributed by atoms with Gasteiger partial charge in [-0.05, 0) is 31.4 Å². The van der Waals surface area contributed by atoms with Gasteiger partial charge in [0.15, 0.2) is 5.82 Å². The summed E-state index contributed by atoms with van der Waals surface area (Å²) in [5, 5.41) is 4.01. The number of hydrogen-bond donors (Lipinski definition) is 1. The van der Waals surface area contributed by atoms with Crippen LogP contribution in [0.15, 0.2) is 34.3 Å². The molecule has 114 valence electrons. The van der Waals surface area contributed by atoms with Crippen molar-refractivity contribution >= 4 is 22.6 Å². The Bertz CT molecular complexity index is 771. The number of hydrogen-bond acceptors (Lipinski definition) is 4. The zero-order chi connectivity index (χ0) is 15.1. The molecule has 1 N–H and O–H groups in total. The molecular formula is C16H18N4OS. The van der Waals surface area contributed by atoms with E-state index < -0.39 is 0 Å². The molecule has 6 heteroatoms. The molecule has 0 unspecified atom stereocenters. The van der Waals surface area contributed by atoms with E-state index in [-0.39, 0.29) is 10.8 Å². The van der Waals surface area contributed by atoms with Gasteiger partial charge in [-0.1, -0.05) is 30.7 Å². The van der Waals surface area contributed by atoms with Gasteiger partial charge in [0.2, 0.25) is 0 Å². The van der Waals surface area contributed by atoms with Crippen LogP contribution in [0, 0.1) is 0 Å². The smallest absolute Gasteiger partial charge is 0.268 e. The number of nitrogens with zero attached hydrogens (tertiary/aromatic N) is 3. The van der Waals surface area contributed by atoms with Crippen LogP contribution in [0.25, 0.3) is 0 Å². The van der Waals surface area contributed by atoms with E-state index in [1.807, 2.05) is 29.9 Å². The lowest BCUT2D eigenvalue weighted by atomic mass is 10.1. The molecule has 0 saturated heterocycles. The van der Waals surface area contributed by atoms with Gasteiger partial charge in [-0.15, -0.1) is 0 Å². The van der Waals surface area contributed by atoms with Gasteiger partial charge >= 0.3 is 0 Å². The van der Waals surface area contributed by atoms with E-state index in [0.29, 0.717) is 6.04 Å². The second-order valence-electron chi connectivity index (χ2n) is 5.90. The summed E-state index contributed by atoms with van der Waals surface area (Å²) in [6.45, 7) is 2.01. The van der Waals surface area contributed by atoms with Crippen LogP contribution in [0.1, 0.15) is 55.0 Å². The summed E-state index contributed by atoms with van der Waals surface area (Å²) in [5.41, 5.74) is 1.81. The number of aromatic amines is 1. The molecule has 2 aliphatic rings. The molecule has 1 aliphatic heterocycles. The van der Waals surface area contributed by atoms with Crippen molar-refractivity contribution in [3.05, 3.63) is 46.0 Å². The number of rotatable bonds is 2. The van der Waals surface area contributed by atoms with Gasteiger partial charge in [0.25, 0.3) is 5.56 Å². The molecule has 5 nitrogen and oxygen atoms in total. The Hall–Kier alpha value is -1.82. The number of fused-ring (bicyclic) bond motifs is 1. The van der Waals surface area contributed by atoms with Crippen molar-refractivity contribution in [3.8, 4) is 0 Å². The molecule has 0 aromatic carbocycles. The molecule has 2 aromatic rings. The Kier molecular flexibility index (Phi) is 3.41. The fraction of sp³-hybridized carbons (Fsp3) is 0.438. The molecule has 22 heavy (non-hydrogen) atoms. The standard InChI is InChI=1S/C16H18N4OS/c1-10-18-15-13(14(22-10)11-5-4-8-17-9-11)16(21)19-20(15)12-6-2-3-7-12/h4-5,8-9,12,14H,2-3,6-7H2,1H3,(H,19,21)/t14-/m0/s1. The SMILES string of the molecule is CC1=Nc2c(c(=O)[nH]n2C2CCCC2)[C@H](c2cccnc2)S1. The average molecular weight is 314 g/mol. The van der Waals surface area contributed by atoms with Crippen LogP contribution in [0.2, 0.25) is 0 Å². The molecule has 1 fully saturated rings. The van der Waals surface area contributed by atoms with Crippen molar-refractivity contribution in [3.63, 3.8) is 0 Å². The topological polar surface area (TPSA) is 63.0 Å². The molecule has 2 aromatic heterocycles. The molecule has 4 rings (SSSR count). The molecule has 0 spiro atoms.